The number of aliphatic hydroxyl groups is 1. The Morgan fingerprint density at radius 3 is 2.91 bits per heavy atom. The van der Waals surface area contributed by atoms with Gasteiger partial charge in [0.25, 0.3) is 5.91 Å². The van der Waals surface area contributed by atoms with E-state index in [4.69, 9.17) is 4.42 Å². The molecular weight excluding hydrogens is 296 g/mol. The Morgan fingerprint density at radius 1 is 1.35 bits per heavy atom. The van der Waals surface area contributed by atoms with Crippen molar-refractivity contribution in [1.29, 1.82) is 0 Å². The van der Waals surface area contributed by atoms with E-state index in [0.717, 1.165) is 0 Å². The third kappa shape index (κ3) is 3.29. The lowest BCUT2D eigenvalue weighted by atomic mass is 10.0. The zero-order chi connectivity index (χ0) is 16.3. The van der Waals surface area contributed by atoms with E-state index in [1.54, 1.807) is 60.4 Å². The van der Waals surface area contributed by atoms with E-state index < -0.39 is 5.60 Å². The molecule has 0 aliphatic heterocycles. The number of rotatable bonds is 5. The second-order valence-corrected chi connectivity index (χ2v) is 5.27. The van der Waals surface area contributed by atoms with Crippen LogP contribution in [0.5, 0.6) is 0 Å². The van der Waals surface area contributed by atoms with Gasteiger partial charge < -0.3 is 14.8 Å². The van der Waals surface area contributed by atoms with E-state index in [-0.39, 0.29) is 18.1 Å². The molecule has 1 atom stereocenters. The average molecular weight is 312 g/mol. The maximum absolute atomic E-state index is 12.2. The van der Waals surface area contributed by atoms with Crippen molar-refractivity contribution < 1.29 is 14.3 Å². The molecule has 3 heterocycles. The lowest BCUT2D eigenvalue weighted by Crippen LogP contribution is -2.38. The molecular formula is C16H16N4O3. The van der Waals surface area contributed by atoms with Crippen molar-refractivity contribution in [2.24, 2.45) is 0 Å². The summed E-state index contributed by atoms with van der Waals surface area (Å²) in [5.74, 6) is 0.544. The quantitative estimate of drug-likeness (QED) is 0.744. The molecule has 0 radical (unpaired) electrons. The standard InChI is InChI=1S/C16H16N4O3/c1-16(22,13-6-3-10-23-13)11-17-15(21)12-5-2-7-14(19-12)20-9-4-8-18-20/h2-10,22H,11H2,1H3,(H,17,21). The molecule has 0 saturated heterocycles. The normalized spacial score (nSPS) is 13.5. The minimum atomic E-state index is -1.29. The highest BCUT2D eigenvalue weighted by Gasteiger charge is 2.27. The first kappa shape index (κ1) is 15.0. The summed E-state index contributed by atoms with van der Waals surface area (Å²) in [7, 11) is 0. The van der Waals surface area contributed by atoms with Gasteiger partial charge in [-0.3, -0.25) is 4.79 Å². The molecule has 3 aromatic rings. The molecule has 0 bridgehead atoms. The number of nitrogens with zero attached hydrogens (tertiary/aromatic N) is 3. The van der Waals surface area contributed by atoms with Crippen molar-refractivity contribution in [2.75, 3.05) is 6.54 Å². The molecule has 1 amide bonds. The zero-order valence-electron chi connectivity index (χ0n) is 12.5. The topological polar surface area (TPSA) is 93.2 Å². The smallest absolute Gasteiger partial charge is 0.270 e. The Kier molecular flexibility index (Phi) is 3.94. The summed E-state index contributed by atoms with van der Waals surface area (Å²) < 4.78 is 6.74. The van der Waals surface area contributed by atoms with E-state index in [0.29, 0.717) is 11.6 Å². The van der Waals surface area contributed by atoms with Crippen molar-refractivity contribution in [3.05, 3.63) is 66.5 Å². The lowest BCUT2D eigenvalue weighted by Gasteiger charge is -2.21. The van der Waals surface area contributed by atoms with Crippen LogP contribution in [0.25, 0.3) is 5.82 Å². The maximum atomic E-state index is 12.2. The van der Waals surface area contributed by atoms with Crippen molar-refractivity contribution in [1.82, 2.24) is 20.1 Å². The van der Waals surface area contributed by atoms with Crippen molar-refractivity contribution in [3.63, 3.8) is 0 Å². The summed E-state index contributed by atoms with van der Waals surface area (Å²) in [4.78, 5) is 16.5. The largest absolute Gasteiger partial charge is 0.466 e. The summed E-state index contributed by atoms with van der Waals surface area (Å²) >= 11 is 0. The van der Waals surface area contributed by atoms with Crippen LogP contribution in [0.3, 0.4) is 0 Å². The van der Waals surface area contributed by atoms with Gasteiger partial charge in [0.05, 0.1) is 12.8 Å². The van der Waals surface area contributed by atoms with E-state index in [1.165, 1.54) is 6.26 Å². The molecule has 3 aromatic heterocycles. The Morgan fingerprint density at radius 2 is 2.22 bits per heavy atom. The van der Waals surface area contributed by atoms with Crippen LogP contribution in [0.4, 0.5) is 0 Å². The van der Waals surface area contributed by atoms with Crippen LogP contribution in [0.15, 0.2) is 59.5 Å². The summed E-state index contributed by atoms with van der Waals surface area (Å²) in [6.07, 6.45) is 4.85. The maximum Gasteiger partial charge on any atom is 0.270 e. The number of hydrogen-bond acceptors (Lipinski definition) is 5. The van der Waals surface area contributed by atoms with Gasteiger partial charge in [-0.25, -0.2) is 9.67 Å². The fourth-order valence-electron chi connectivity index (χ4n) is 2.10. The van der Waals surface area contributed by atoms with Crippen LogP contribution in [0, 0.1) is 0 Å². The minimum absolute atomic E-state index is 0.00697. The predicted octanol–water partition coefficient (Wildman–Crippen LogP) is 1.50. The molecule has 7 heteroatoms. The van der Waals surface area contributed by atoms with Crippen molar-refractivity contribution in [3.8, 4) is 5.82 Å². The number of aromatic nitrogens is 3. The lowest BCUT2D eigenvalue weighted by molar-refractivity contribution is 0.0329. The monoisotopic (exact) mass is 312 g/mol. The molecule has 0 saturated carbocycles. The van der Waals surface area contributed by atoms with Crippen molar-refractivity contribution >= 4 is 5.91 Å². The van der Waals surface area contributed by atoms with Crippen LogP contribution < -0.4 is 5.32 Å². The van der Waals surface area contributed by atoms with E-state index in [1.807, 2.05) is 0 Å². The Labute approximate surface area is 132 Å². The third-order valence-electron chi connectivity index (χ3n) is 3.35. The van der Waals surface area contributed by atoms with Gasteiger partial charge >= 0.3 is 0 Å². The Bertz CT molecular complexity index is 780. The minimum Gasteiger partial charge on any atom is -0.466 e. The highest BCUT2D eigenvalue weighted by Crippen LogP contribution is 2.19. The van der Waals surface area contributed by atoms with Gasteiger partial charge in [0.1, 0.15) is 17.1 Å². The van der Waals surface area contributed by atoms with E-state index >= 15 is 0 Å². The molecule has 0 spiro atoms. The molecule has 0 fully saturated rings. The molecule has 2 N–H and O–H groups in total. The second kappa shape index (κ2) is 6.05. The molecule has 3 rings (SSSR count). The molecule has 0 aromatic carbocycles. The summed E-state index contributed by atoms with van der Waals surface area (Å²) in [5.41, 5.74) is -1.05. The fourth-order valence-corrected chi connectivity index (χ4v) is 2.10. The number of nitrogens with one attached hydrogen (secondary N) is 1. The summed E-state index contributed by atoms with van der Waals surface area (Å²) in [6, 6.07) is 10.2. The number of furan rings is 1. The molecule has 1 unspecified atom stereocenters. The Balaban J connectivity index is 1.70. The first-order valence-corrected chi connectivity index (χ1v) is 7.08. The molecule has 0 aliphatic rings. The number of pyridine rings is 1. The predicted molar refractivity (Wildman–Crippen MR) is 82.0 cm³/mol. The van der Waals surface area contributed by atoms with Gasteiger partial charge in [0.2, 0.25) is 0 Å². The van der Waals surface area contributed by atoms with Gasteiger partial charge in [0, 0.05) is 12.4 Å². The van der Waals surface area contributed by atoms with Gasteiger partial charge in [0.15, 0.2) is 5.82 Å². The van der Waals surface area contributed by atoms with Crippen LogP contribution in [-0.2, 0) is 5.60 Å². The highest BCUT2D eigenvalue weighted by atomic mass is 16.4. The van der Waals surface area contributed by atoms with Crippen molar-refractivity contribution in [2.45, 2.75) is 12.5 Å². The van der Waals surface area contributed by atoms with Crippen LogP contribution >= 0.6 is 0 Å². The van der Waals surface area contributed by atoms with E-state index in [2.05, 4.69) is 15.4 Å². The number of hydrogen-bond donors (Lipinski definition) is 2. The third-order valence-corrected chi connectivity index (χ3v) is 3.35. The number of amides is 1. The summed E-state index contributed by atoms with van der Waals surface area (Å²) in [5, 5.41) is 17.1. The van der Waals surface area contributed by atoms with Gasteiger partial charge in [-0.15, -0.1) is 0 Å². The van der Waals surface area contributed by atoms with Gasteiger partial charge in [-0.1, -0.05) is 6.07 Å². The number of carbonyl (C=O) groups excluding carboxylic acids is 1. The molecule has 23 heavy (non-hydrogen) atoms. The van der Waals surface area contributed by atoms with E-state index in [9.17, 15) is 9.90 Å². The van der Waals surface area contributed by atoms with Crippen LogP contribution in [-0.4, -0.2) is 32.3 Å². The van der Waals surface area contributed by atoms with Crippen LogP contribution in [0.2, 0.25) is 0 Å². The highest BCUT2D eigenvalue weighted by molar-refractivity contribution is 5.92. The number of carbonyl (C=O) groups is 1. The van der Waals surface area contributed by atoms with Crippen LogP contribution in [0.1, 0.15) is 23.2 Å². The zero-order valence-corrected chi connectivity index (χ0v) is 12.5. The van der Waals surface area contributed by atoms with Gasteiger partial charge in [-0.05, 0) is 37.3 Å². The average Bonchev–Trinajstić information content (AvgIpc) is 3.25. The molecule has 7 nitrogen and oxygen atoms in total. The SMILES string of the molecule is CC(O)(CNC(=O)c1cccc(-n2cccn2)n1)c1ccco1. The fraction of sp³-hybridized carbons (Fsp3) is 0.188. The summed E-state index contributed by atoms with van der Waals surface area (Å²) in [6.45, 7) is 1.58. The first-order chi connectivity index (χ1) is 11.1. The van der Waals surface area contributed by atoms with Gasteiger partial charge in [-0.2, -0.15) is 5.10 Å². The Hall–Kier alpha value is -2.93. The molecule has 118 valence electrons. The molecule has 0 aliphatic carbocycles. The first-order valence-electron chi connectivity index (χ1n) is 7.08. The second-order valence-electron chi connectivity index (χ2n) is 5.27.